The average Bonchev–Trinajstić information content (AvgIpc) is 3.21. The second-order valence-electron chi connectivity index (χ2n) is 16.3. The van der Waals surface area contributed by atoms with Crippen molar-refractivity contribution in [1.82, 2.24) is 0 Å². The molecule has 59 heavy (non-hydrogen) atoms. The van der Waals surface area contributed by atoms with Gasteiger partial charge in [0.05, 0.1) is 6.61 Å². The van der Waals surface area contributed by atoms with Gasteiger partial charge in [0.1, 0.15) is 43.2 Å². The molecule has 6 N–H and O–H groups in total. The molecule has 346 valence electrons. The van der Waals surface area contributed by atoms with Gasteiger partial charge >= 0.3 is 19.8 Å². The summed E-state index contributed by atoms with van der Waals surface area (Å²) in [7, 11) is -5.12. The van der Waals surface area contributed by atoms with Gasteiger partial charge in [-0.25, -0.2) is 4.57 Å². The van der Waals surface area contributed by atoms with Crippen molar-refractivity contribution in [1.29, 1.82) is 0 Å². The summed E-state index contributed by atoms with van der Waals surface area (Å²) in [6, 6.07) is 0. The highest BCUT2D eigenvalue weighted by molar-refractivity contribution is 7.47. The van der Waals surface area contributed by atoms with Gasteiger partial charge in [-0.05, 0) is 51.4 Å². The van der Waals surface area contributed by atoms with Crippen LogP contribution in [0.2, 0.25) is 0 Å². The first-order valence-electron chi connectivity index (χ1n) is 23.1. The molecule has 1 rings (SSSR count). The molecule has 1 saturated carbocycles. The Morgan fingerprint density at radius 2 is 0.898 bits per heavy atom. The summed E-state index contributed by atoms with van der Waals surface area (Å²) in [6.07, 6.45) is 25.4. The van der Waals surface area contributed by atoms with Gasteiger partial charge in [0.2, 0.25) is 0 Å². The minimum atomic E-state index is -5.12. The van der Waals surface area contributed by atoms with Gasteiger partial charge in [-0.15, -0.1) is 0 Å². The molecule has 0 amide bonds. The number of aliphatic hydroxyl groups is 5. The maximum Gasteiger partial charge on any atom is 0.472 e. The molecule has 8 atom stereocenters. The summed E-state index contributed by atoms with van der Waals surface area (Å²) in [5, 5.41) is 50.1. The molecule has 13 nitrogen and oxygen atoms in total. The van der Waals surface area contributed by atoms with Crippen LogP contribution in [-0.4, -0.2) is 98.3 Å². The predicted molar refractivity (Wildman–Crippen MR) is 230 cm³/mol. The van der Waals surface area contributed by atoms with Crippen LogP contribution in [0.15, 0.2) is 24.3 Å². The number of hydrogen-bond acceptors (Lipinski definition) is 12. The fraction of sp³-hybridized carbons (Fsp3) is 0.867. The Balaban J connectivity index is 2.49. The van der Waals surface area contributed by atoms with Gasteiger partial charge < -0.3 is 39.9 Å². The maximum atomic E-state index is 12.8. The lowest BCUT2D eigenvalue weighted by atomic mass is 9.85. The van der Waals surface area contributed by atoms with Crippen molar-refractivity contribution in [2.45, 2.75) is 236 Å². The molecule has 0 bridgehead atoms. The van der Waals surface area contributed by atoms with Crippen molar-refractivity contribution in [3.63, 3.8) is 0 Å². The summed E-state index contributed by atoms with van der Waals surface area (Å²) in [4.78, 5) is 35.6. The monoisotopic (exact) mass is 863 g/mol. The molecule has 1 aliphatic rings. The predicted octanol–water partition coefficient (Wildman–Crippen LogP) is 8.84. The number of ether oxygens (including phenoxy) is 2. The Labute approximate surface area is 356 Å². The molecule has 0 radical (unpaired) electrons. The first-order valence-corrected chi connectivity index (χ1v) is 24.6. The van der Waals surface area contributed by atoms with Gasteiger partial charge in [0, 0.05) is 12.8 Å². The number of hydrogen-bond donors (Lipinski definition) is 6. The average molecular weight is 863 g/mol. The van der Waals surface area contributed by atoms with Crippen molar-refractivity contribution in [2.75, 3.05) is 13.2 Å². The largest absolute Gasteiger partial charge is 0.472 e. The van der Waals surface area contributed by atoms with Gasteiger partial charge in [-0.1, -0.05) is 154 Å². The molecule has 0 aromatic rings. The Hall–Kier alpha value is -1.67. The SMILES string of the molecule is CCCCCCCCCC/C=C/CCCCCC(=O)O[C@H](COC(=O)CC/C=C/CCCCCCCCCCCCC)COP(=O)(O)OC1C(O)C(O)C(O)[C@@H](O)C1O. The van der Waals surface area contributed by atoms with Gasteiger partial charge in [0.25, 0.3) is 0 Å². The van der Waals surface area contributed by atoms with Crippen molar-refractivity contribution >= 4 is 19.8 Å². The Bertz CT molecular complexity index is 1130. The highest BCUT2D eigenvalue weighted by Gasteiger charge is 2.51. The first kappa shape index (κ1) is 55.3. The minimum absolute atomic E-state index is 0.0716. The van der Waals surface area contributed by atoms with E-state index in [1.54, 1.807) is 0 Å². The highest BCUT2D eigenvalue weighted by Crippen LogP contribution is 2.47. The highest BCUT2D eigenvalue weighted by atomic mass is 31.2. The number of carbonyl (C=O) groups is 2. The molecular weight excluding hydrogens is 779 g/mol. The third kappa shape index (κ3) is 28.5. The smallest absolute Gasteiger partial charge is 0.462 e. The molecule has 0 aromatic carbocycles. The lowest BCUT2D eigenvalue weighted by Crippen LogP contribution is -2.64. The lowest BCUT2D eigenvalue weighted by Gasteiger charge is -2.41. The van der Waals surface area contributed by atoms with Crippen LogP contribution in [0.4, 0.5) is 0 Å². The molecule has 0 heterocycles. The zero-order valence-corrected chi connectivity index (χ0v) is 37.4. The maximum absolute atomic E-state index is 12.8. The fourth-order valence-electron chi connectivity index (χ4n) is 7.01. The third-order valence-electron chi connectivity index (χ3n) is 10.8. The molecule has 0 aromatic heterocycles. The number of esters is 2. The van der Waals surface area contributed by atoms with Crippen LogP contribution in [0.25, 0.3) is 0 Å². The van der Waals surface area contributed by atoms with Gasteiger partial charge in [-0.3, -0.25) is 18.6 Å². The molecule has 1 aliphatic carbocycles. The summed E-state index contributed by atoms with van der Waals surface area (Å²) in [5.41, 5.74) is 0. The van der Waals surface area contributed by atoms with E-state index in [2.05, 4.69) is 32.1 Å². The minimum Gasteiger partial charge on any atom is -0.462 e. The summed E-state index contributed by atoms with van der Waals surface area (Å²) in [6.45, 7) is 3.25. The van der Waals surface area contributed by atoms with Crippen LogP contribution in [0.5, 0.6) is 0 Å². The summed E-state index contributed by atoms with van der Waals surface area (Å²) >= 11 is 0. The molecular formula is C45H83O13P. The lowest BCUT2D eigenvalue weighted by molar-refractivity contribution is -0.220. The second kappa shape index (κ2) is 35.9. The Morgan fingerprint density at radius 3 is 1.36 bits per heavy atom. The zero-order chi connectivity index (χ0) is 43.6. The number of phosphoric acid groups is 1. The van der Waals surface area contributed by atoms with E-state index in [0.717, 1.165) is 38.5 Å². The first-order chi connectivity index (χ1) is 28.4. The number of unbranched alkanes of at least 4 members (excludes halogenated alkanes) is 22. The Kier molecular flexibility index (Phi) is 33.7. The summed E-state index contributed by atoms with van der Waals surface area (Å²) in [5.74, 6) is -1.17. The fourth-order valence-corrected chi connectivity index (χ4v) is 7.98. The second-order valence-corrected chi connectivity index (χ2v) is 17.7. The van der Waals surface area contributed by atoms with Crippen LogP contribution < -0.4 is 0 Å². The van der Waals surface area contributed by atoms with Gasteiger partial charge in [-0.2, -0.15) is 0 Å². The molecule has 6 unspecified atom stereocenters. The van der Waals surface area contributed by atoms with E-state index in [0.29, 0.717) is 12.8 Å². The normalized spacial score (nSPS) is 22.5. The van der Waals surface area contributed by atoms with Crippen molar-refractivity contribution in [3.8, 4) is 0 Å². The van der Waals surface area contributed by atoms with E-state index in [9.17, 15) is 44.6 Å². The molecule has 0 spiro atoms. The number of allylic oxidation sites excluding steroid dienone is 4. The van der Waals surface area contributed by atoms with E-state index in [4.69, 9.17) is 18.5 Å². The molecule has 14 heteroatoms. The van der Waals surface area contributed by atoms with Gasteiger partial charge in [0.15, 0.2) is 6.10 Å². The third-order valence-corrected chi connectivity index (χ3v) is 11.8. The number of phosphoric ester groups is 1. The standard InChI is InChI=1S/C45H83O13P/c1-3-5-7-9-11-13-15-17-19-21-23-25-27-29-31-33-38(46)55-35-37(36-56-59(53,54)58-45-43(51)41(49)40(48)42(50)44(45)52)57-39(47)34-32-30-28-26-24-22-20-18-16-14-12-10-8-6-4-2/h22,24,27,29,37,40-45,48-52H,3-21,23,25-26,28,30-36H2,1-2H3,(H,53,54)/b24-22+,29-27+/t37-,40?,41-,42?,43?,44?,45?/m1/s1. The molecule has 0 aliphatic heterocycles. The van der Waals surface area contributed by atoms with E-state index >= 15 is 0 Å². The number of aliphatic hydroxyl groups excluding tert-OH is 5. The van der Waals surface area contributed by atoms with Crippen LogP contribution >= 0.6 is 7.82 Å². The van der Waals surface area contributed by atoms with E-state index in [1.807, 2.05) is 6.08 Å². The van der Waals surface area contributed by atoms with Crippen molar-refractivity contribution < 1.29 is 63.1 Å². The molecule has 0 saturated heterocycles. The van der Waals surface area contributed by atoms with E-state index < -0.39 is 75.7 Å². The van der Waals surface area contributed by atoms with Crippen LogP contribution in [-0.2, 0) is 32.7 Å². The van der Waals surface area contributed by atoms with E-state index in [1.165, 1.54) is 116 Å². The zero-order valence-electron chi connectivity index (χ0n) is 36.6. The van der Waals surface area contributed by atoms with Crippen LogP contribution in [0, 0.1) is 0 Å². The van der Waals surface area contributed by atoms with E-state index in [-0.39, 0.29) is 12.8 Å². The number of rotatable bonds is 38. The topological polar surface area (TPSA) is 210 Å². The van der Waals surface area contributed by atoms with Crippen LogP contribution in [0.3, 0.4) is 0 Å². The van der Waals surface area contributed by atoms with Crippen LogP contribution in [0.1, 0.15) is 194 Å². The summed E-state index contributed by atoms with van der Waals surface area (Å²) < 4.78 is 33.4. The van der Waals surface area contributed by atoms with Crippen molar-refractivity contribution in [3.05, 3.63) is 24.3 Å². The quantitative estimate of drug-likeness (QED) is 0.0149. The van der Waals surface area contributed by atoms with Crippen molar-refractivity contribution in [2.24, 2.45) is 0 Å². The Morgan fingerprint density at radius 1 is 0.508 bits per heavy atom. The number of carbonyl (C=O) groups excluding carboxylic acids is 2. The molecule has 1 fully saturated rings.